The zero-order chi connectivity index (χ0) is 28.6. The van der Waals surface area contributed by atoms with Gasteiger partial charge in [0.1, 0.15) is 10.8 Å². The lowest BCUT2D eigenvalue weighted by atomic mass is 9.92. The molecule has 1 unspecified atom stereocenters. The van der Waals surface area contributed by atoms with Gasteiger partial charge in [0.2, 0.25) is 0 Å². The van der Waals surface area contributed by atoms with E-state index in [-0.39, 0.29) is 32.7 Å². The normalized spacial score (nSPS) is 16.9. The van der Waals surface area contributed by atoms with Crippen LogP contribution in [0, 0.1) is 0 Å². The van der Waals surface area contributed by atoms with Crippen LogP contribution in [0.1, 0.15) is 67.8 Å². The third-order valence-electron chi connectivity index (χ3n) is 7.00. The molecule has 0 aliphatic carbocycles. The van der Waals surface area contributed by atoms with Gasteiger partial charge in [-0.25, -0.2) is 0 Å². The highest BCUT2D eigenvalue weighted by Crippen LogP contribution is 2.48. The molecule has 8 heteroatoms. The number of ketones is 1. The van der Waals surface area contributed by atoms with E-state index in [2.05, 4.69) is 27.7 Å². The Bertz CT molecular complexity index is 1440. The number of ether oxygens (including phenoxy) is 2. The molecule has 39 heavy (non-hydrogen) atoms. The van der Waals surface area contributed by atoms with Crippen LogP contribution in [0.25, 0.3) is 5.76 Å². The van der Waals surface area contributed by atoms with E-state index in [1.54, 1.807) is 0 Å². The summed E-state index contributed by atoms with van der Waals surface area (Å²) in [5.74, 6) is -1.21. The smallest absolute Gasteiger partial charge is 0.300 e. The molecule has 1 atom stereocenters. The molecule has 1 N–H and O–H groups in total. The lowest BCUT2D eigenvalue weighted by Crippen LogP contribution is -2.29. The molecule has 0 bridgehead atoms. The van der Waals surface area contributed by atoms with Crippen molar-refractivity contribution in [2.24, 2.45) is 0 Å². The predicted molar refractivity (Wildman–Crippen MR) is 155 cm³/mol. The van der Waals surface area contributed by atoms with Crippen LogP contribution in [0.15, 0.2) is 60.2 Å². The van der Waals surface area contributed by atoms with E-state index in [0.29, 0.717) is 23.1 Å². The molecule has 4 rings (SSSR count). The van der Waals surface area contributed by atoms with Gasteiger partial charge in [-0.2, -0.15) is 0 Å². The number of nitrogens with zero attached hydrogens (tertiary/aromatic N) is 1. The highest BCUT2D eigenvalue weighted by atomic mass is 35.5. The largest absolute Gasteiger partial charge is 0.507 e. The Morgan fingerprint density at radius 3 is 1.85 bits per heavy atom. The van der Waals surface area contributed by atoms with Crippen molar-refractivity contribution in [2.75, 3.05) is 19.1 Å². The van der Waals surface area contributed by atoms with E-state index in [9.17, 15) is 14.7 Å². The first-order chi connectivity index (χ1) is 18.5. The predicted octanol–water partition coefficient (Wildman–Crippen LogP) is 7.88. The number of hydrogen-bond donors (Lipinski definition) is 1. The van der Waals surface area contributed by atoms with Crippen molar-refractivity contribution in [3.8, 4) is 11.5 Å². The molecule has 1 heterocycles. The van der Waals surface area contributed by atoms with Gasteiger partial charge in [-0.15, -0.1) is 0 Å². The molecule has 1 fully saturated rings. The van der Waals surface area contributed by atoms with Crippen LogP contribution < -0.4 is 14.4 Å². The lowest BCUT2D eigenvalue weighted by Gasteiger charge is -2.26. The minimum absolute atomic E-state index is 0.0328. The zero-order valence-electron chi connectivity index (χ0n) is 22.7. The van der Waals surface area contributed by atoms with Gasteiger partial charge in [0.05, 0.1) is 36.4 Å². The maximum absolute atomic E-state index is 13.6. The molecule has 0 aromatic heterocycles. The Morgan fingerprint density at radius 1 is 0.846 bits per heavy atom. The first-order valence-corrected chi connectivity index (χ1v) is 13.4. The van der Waals surface area contributed by atoms with E-state index in [0.717, 1.165) is 11.1 Å². The first-order valence-electron chi connectivity index (χ1n) is 12.6. The summed E-state index contributed by atoms with van der Waals surface area (Å²) in [7, 11) is 2.78. The van der Waals surface area contributed by atoms with Gasteiger partial charge in [-0.3, -0.25) is 14.5 Å². The van der Waals surface area contributed by atoms with E-state index >= 15 is 0 Å². The maximum Gasteiger partial charge on any atom is 0.300 e. The van der Waals surface area contributed by atoms with Crippen LogP contribution in [0.3, 0.4) is 0 Å². The number of rotatable bonds is 7. The van der Waals surface area contributed by atoms with Gasteiger partial charge in [-0.1, -0.05) is 87.3 Å². The van der Waals surface area contributed by atoms with E-state index in [1.807, 2.05) is 48.5 Å². The minimum atomic E-state index is -0.902. The van der Waals surface area contributed by atoms with Crippen molar-refractivity contribution in [3.63, 3.8) is 0 Å². The summed E-state index contributed by atoms with van der Waals surface area (Å²) in [5.41, 5.74) is 3.38. The van der Waals surface area contributed by atoms with Crippen molar-refractivity contribution in [3.05, 3.63) is 92.5 Å². The number of halogens is 2. The van der Waals surface area contributed by atoms with Crippen molar-refractivity contribution >= 4 is 46.3 Å². The molecule has 3 aromatic carbocycles. The number of benzene rings is 3. The molecule has 0 saturated carbocycles. The van der Waals surface area contributed by atoms with Gasteiger partial charge in [0.15, 0.2) is 11.5 Å². The molecule has 0 spiro atoms. The van der Waals surface area contributed by atoms with Crippen LogP contribution in [0.4, 0.5) is 5.69 Å². The summed E-state index contributed by atoms with van der Waals surface area (Å²) in [5, 5.41) is 11.8. The summed E-state index contributed by atoms with van der Waals surface area (Å²) in [4.78, 5) is 28.6. The molecule has 1 amide bonds. The van der Waals surface area contributed by atoms with Gasteiger partial charge in [0, 0.05) is 5.69 Å². The molecule has 0 radical (unpaired) electrons. The fourth-order valence-corrected chi connectivity index (χ4v) is 5.48. The summed E-state index contributed by atoms with van der Waals surface area (Å²) in [6.45, 7) is 8.33. The third kappa shape index (κ3) is 5.11. The van der Waals surface area contributed by atoms with E-state index in [4.69, 9.17) is 32.7 Å². The highest BCUT2D eigenvalue weighted by molar-refractivity contribution is 6.52. The second-order valence-corrected chi connectivity index (χ2v) is 10.8. The van der Waals surface area contributed by atoms with Crippen LogP contribution >= 0.6 is 23.2 Å². The third-order valence-corrected chi connectivity index (χ3v) is 7.62. The van der Waals surface area contributed by atoms with E-state index < -0.39 is 23.5 Å². The molecule has 204 valence electrons. The standard InChI is InChI=1S/C31H31Cl2NO5/c1-16(2)18-7-9-20(10-8-18)26-24(27(35)22-15-23(32)30(39-6)25(33)29(22)38-5)28(36)31(37)34(26)21-13-11-19(12-14-21)17(3)4/h7-17,26,35H,1-6H3/b27-24+. The quantitative estimate of drug-likeness (QED) is 0.178. The van der Waals surface area contributed by atoms with Crippen molar-refractivity contribution in [2.45, 2.75) is 45.6 Å². The van der Waals surface area contributed by atoms with Crippen LogP contribution in [0.5, 0.6) is 11.5 Å². The second kappa shape index (κ2) is 11.3. The van der Waals surface area contributed by atoms with Gasteiger partial charge < -0.3 is 14.6 Å². The summed E-state index contributed by atoms with van der Waals surface area (Å²) < 4.78 is 10.7. The Kier molecular flexibility index (Phi) is 8.28. The Balaban J connectivity index is 1.98. The van der Waals surface area contributed by atoms with Crippen molar-refractivity contribution in [1.82, 2.24) is 0 Å². The van der Waals surface area contributed by atoms with Gasteiger partial charge >= 0.3 is 0 Å². The summed E-state index contributed by atoms with van der Waals surface area (Å²) in [6.07, 6.45) is 0. The molecule has 1 saturated heterocycles. The van der Waals surface area contributed by atoms with Gasteiger partial charge in [0.25, 0.3) is 11.7 Å². The lowest BCUT2D eigenvalue weighted by molar-refractivity contribution is -0.132. The number of amides is 1. The number of aliphatic hydroxyl groups is 1. The molecule has 1 aliphatic heterocycles. The number of aliphatic hydroxyl groups excluding tert-OH is 1. The average Bonchev–Trinajstić information content (AvgIpc) is 3.18. The number of methoxy groups -OCH3 is 2. The Hall–Kier alpha value is -3.48. The minimum Gasteiger partial charge on any atom is -0.507 e. The van der Waals surface area contributed by atoms with Crippen molar-refractivity contribution < 1.29 is 24.2 Å². The Labute approximate surface area is 238 Å². The Morgan fingerprint density at radius 2 is 1.36 bits per heavy atom. The zero-order valence-corrected chi connectivity index (χ0v) is 24.2. The number of Topliss-reactive ketones (excluding diaryl/α,β-unsaturated/α-hetero) is 1. The molecule has 3 aromatic rings. The van der Waals surface area contributed by atoms with Crippen LogP contribution in [0.2, 0.25) is 10.0 Å². The van der Waals surface area contributed by atoms with Crippen LogP contribution in [-0.4, -0.2) is 31.0 Å². The molecule has 6 nitrogen and oxygen atoms in total. The van der Waals surface area contributed by atoms with Crippen molar-refractivity contribution in [1.29, 1.82) is 0 Å². The van der Waals surface area contributed by atoms with Crippen LogP contribution in [-0.2, 0) is 9.59 Å². The number of carbonyl (C=O) groups is 2. The summed E-state index contributed by atoms with van der Waals surface area (Å²) >= 11 is 12.9. The fourth-order valence-electron chi connectivity index (χ4n) is 4.79. The topological polar surface area (TPSA) is 76.1 Å². The maximum atomic E-state index is 13.6. The highest BCUT2D eigenvalue weighted by Gasteiger charge is 2.47. The van der Waals surface area contributed by atoms with E-state index in [1.165, 1.54) is 25.2 Å². The molecular formula is C31H31Cl2NO5. The fraction of sp³-hybridized carbons (Fsp3) is 0.290. The number of hydrogen-bond acceptors (Lipinski definition) is 5. The average molecular weight is 568 g/mol. The molecular weight excluding hydrogens is 537 g/mol. The number of carbonyl (C=O) groups excluding carboxylic acids is 2. The summed E-state index contributed by atoms with van der Waals surface area (Å²) in [6, 6.07) is 15.7. The number of anilines is 1. The van der Waals surface area contributed by atoms with Gasteiger partial charge in [-0.05, 0) is 46.7 Å². The molecule has 1 aliphatic rings. The first kappa shape index (κ1) is 28.5. The monoisotopic (exact) mass is 567 g/mol. The SMILES string of the molecule is COc1c(Cl)cc(/C(O)=C2\C(=O)C(=O)N(c3ccc(C(C)C)cc3)C2c2ccc(C(C)C)cc2)c(OC)c1Cl. The second-order valence-electron chi connectivity index (χ2n) is 10.0.